The van der Waals surface area contributed by atoms with Crippen LogP contribution in [-0.2, 0) is 17.6 Å². The molecule has 2 amide bonds. The molecule has 33 heavy (non-hydrogen) atoms. The van der Waals surface area contributed by atoms with E-state index in [1.54, 1.807) is 25.1 Å². The second-order valence-corrected chi connectivity index (χ2v) is 7.83. The molecule has 0 saturated carbocycles. The van der Waals surface area contributed by atoms with Gasteiger partial charge in [0.05, 0.1) is 12.8 Å². The molecule has 0 aliphatic carbocycles. The third-order valence-corrected chi connectivity index (χ3v) is 5.60. The van der Waals surface area contributed by atoms with Crippen LogP contribution in [-0.4, -0.2) is 45.0 Å². The van der Waals surface area contributed by atoms with E-state index in [0.29, 0.717) is 17.6 Å². The summed E-state index contributed by atoms with van der Waals surface area (Å²) < 4.78 is 46.6. The summed E-state index contributed by atoms with van der Waals surface area (Å²) in [6.45, 7) is 1.13. The number of pyridine rings is 2. The van der Waals surface area contributed by atoms with E-state index < -0.39 is 35.8 Å². The van der Waals surface area contributed by atoms with Gasteiger partial charge in [0.1, 0.15) is 23.6 Å². The number of carbonyl (C=O) groups excluding carboxylic acids is 2. The number of amides is 2. The fourth-order valence-corrected chi connectivity index (χ4v) is 3.89. The molecule has 174 valence electrons. The van der Waals surface area contributed by atoms with Crippen molar-refractivity contribution in [2.75, 3.05) is 13.2 Å². The van der Waals surface area contributed by atoms with E-state index in [4.69, 9.17) is 4.74 Å². The van der Waals surface area contributed by atoms with Crippen molar-refractivity contribution in [2.45, 2.75) is 31.7 Å². The number of rotatable bonds is 6. The van der Waals surface area contributed by atoms with Gasteiger partial charge in [0, 0.05) is 23.8 Å². The number of aryl methyl sites for hydroxylation is 1. The molecule has 1 unspecified atom stereocenters. The number of fused-ring (bicyclic) bond motifs is 1. The Morgan fingerprint density at radius 1 is 1.36 bits per heavy atom. The first-order valence-electron chi connectivity index (χ1n) is 10.1. The molecule has 11 heteroatoms. The summed E-state index contributed by atoms with van der Waals surface area (Å²) in [7, 11) is 0. The smallest absolute Gasteiger partial charge is 0.433 e. The summed E-state index contributed by atoms with van der Waals surface area (Å²) in [6, 6.07) is 7.68. The summed E-state index contributed by atoms with van der Waals surface area (Å²) in [5.74, 6) is -0.792. The van der Waals surface area contributed by atoms with Crippen molar-refractivity contribution in [3.63, 3.8) is 0 Å². The maximum Gasteiger partial charge on any atom is 0.433 e. The number of aromatic nitrogens is 2. The van der Waals surface area contributed by atoms with Crippen molar-refractivity contribution in [3.8, 4) is 5.75 Å². The van der Waals surface area contributed by atoms with Crippen LogP contribution in [0, 0.1) is 6.92 Å². The first-order chi connectivity index (χ1) is 15.6. The van der Waals surface area contributed by atoms with Crippen molar-refractivity contribution in [1.82, 2.24) is 20.0 Å². The molecule has 3 aromatic rings. The lowest BCUT2D eigenvalue weighted by molar-refractivity contribution is -0.142. The van der Waals surface area contributed by atoms with Gasteiger partial charge in [0.2, 0.25) is 5.91 Å². The molecule has 1 atom stereocenters. The number of nitrogens with one attached hydrogen (secondary N) is 2. The number of nitrogens with zero attached hydrogens (tertiary/aromatic N) is 2. The van der Waals surface area contributed by atoms with Gasteiger partial charge in [-0.1, -0.05) is 6.07 Å². The zero-order valence-corrected chi connectivity index (χ0v) is 17.6. The number of ether oxygens (including phenoxy) is 1. The fourth-order valence-electron chi connectivity index (χ4n) is 3.89. The van der Waals surface area contributed by atoms with Crippen molar-refractivity contribution < 1.29 is 32.6 Å². The lowest BCUT2D eigenvalue weighted by Gasteiger charge is -2.25. The molecule has 4 rings (SSSR count). The second kappa shape index (κ2) is 8.39. The van der Waals surface area contributed by atoms with Crippen LogP contribution in [0.3, 0.4) is 0 Å². The van der Waals surface area contributed by atoms with Crippen molar-refractivity contribution in [3.05, 3.63) is 65.2 Å². The molecule has 1 saturated heterocycles. The highest BCUT2D eigenvalue weighted by molar-refractivity contribution is 6.01. The minimum Gasteiger partial charge on any atom is -0.487 e. The highest BCUT2D eigenvalue weighted by Crippen LogP contribution is 2.31. The predicted octanol–water partition coefficient (Wildman–Crippen LogP) is 2.22. The fraction of sp³-hybridized carbons (Fsp3) is 0.318. The molecular formula is C22H21F3N4O4. The van der Waals surface area contributed by atoms with Crippen molar-refractivity contribution in [2.24, 2.45) is 0 Å². The molecule has 1 aliphatic heterocycles. The summed E-state index contributed by atoms with van der Waals surface area (Å²) in [6.07, 6.45) is -1.81. The minimum atomic E-state index is -4.61. The molecule has 1 aliphatic rings. The van der Waals surface area contributed by atoms with E-state index in [9.17, 15) is 27.9 Å². The minimum absolute atomic E-state index is 0.121. The first-order valence-corrected chi connectivity index (χ1v) is 10.1. The van der Waals surface area contributed by atoms with Crippen molar-refractivity contribution in [1.29, 1.82) is 0 Å². The molecule has 3 N–H and O–H groups in total. The third kappa shape index (κ3) is 4.23. The summed E-state index contributed by atoms with van der Waals surface area (Å²) in [5, 5.41) is 15.0. The molecular weight excluding hydrogens is 441 g/mol. The molecule has 0 radical (unpaired) electrons. The van der Waals surface area contributed by atoms with E-state index in [1.807, 2.05) is 0 Å². The normalized spacial score (nSPS) is 18.4. The van der Waals surface area contributed by atoms with Crippen LogP contribution in [0.15, 0.2) is 42.7 Å². The van der Waals surface area contributed by atoms with Crippen LogP contribution < -0.4 is 15.4 Å². The average Bonchev–Trinajstić information content (AvgIpc) is 3.30. The van der Waals surface area contributed by atoms with Gasteiger partial charge < -0.3 is 24.9 Å². The quantitative estimate of drug-likeness (QED) is 0.521. The summed E-state index contributed by atoms with van der Waals surface area (Å²) in [4.78, 5) is 28.6. The van der Waals surface area contributed by atoms with Gasteiger partial charge in [-0.05, 0) is 43.2 Å². The Kier molecular flexibility index (Phi) is 5.75. The number of alkyl halides is 3. The third-order valence-electron chi connectivity index (χ3n) is 5.60. The highest BCUT2D eigenvalue weighted by atomic mass is 19.4. The Morgan fingerprint density at radius 2 is 2.15 bits per heavy atom. The lowest BCUT2D eigenvalue weighted by atomic mass is 9.98. The summed E-state index contributed by atoms with van der Waals surface area (Å²) in [5.41, 5.74) is -1.06. The van der Waals surface area contributed by atoms with Gasteiger partial charge in [-0.3, -0.25) is 14.6 Å². The standard InChI is InChI=1S/C22H21F3N4O4/c1-13-9-15-4-5-16(33-11-14-3-2-7-26-18(14)22(23,24)25)10-29(15)17(13)19(31)28-21(12-30)6-8-27-20(21)32/h2-5,7,9-10,30H,6,8,11-12H2,1H3,(H,27,32)(H,28,31). The Labute approximate surface area is 186 Å². The lowest BCUT2D eigenvalue weighted by Crippen LogP contribution is -2.56. The second-order valence-electron chi connectivity index (χ2n) is 7.83. The van der Waals surface area contributed by atoms with Crippen LogP contribution in [0.25, 0.3) is 5.52 Å². The Morgan fingerprint density at radius 3 is 2.82 bits per heavy atom. The highest BCUT2D eigenvalue weighted by Gasteiger charge is 2.44. The average molecular weight is 462 g/mol. The zero-order chi connectivity index (χ0) is 23.8. The van der Waals surface area contributed by atoms with Crippen LogP contribution in [0.2, 0.25) is 0 Å². The molecule has 3 aromatic heterocycles. The van der Waals surface area contributed by atoms with E-state index in [2.05, 4.69) is 15.6 Å². The van der Waals surface area contributed by atoms with E-state index in [0.717, 1.165) is 6.20 Å². The Bertz CT molecular complexity index is 1220. The largest absolute Gasteiger partial charge is 0.487 e. The van der Waals surface area contributed by atoms with Crippen LogP contribution >= 0.6 is 0 Å². The Hall–Kier alpha value is -3.60. The van der Waals surface area contributed by atoms with Crippen LogP contribution in [0.1, 0.15) is 33.7 Å². The van der Waals surface area contributed by atoms with E-state index in [-0.39, 0.29) is 30.0 Å². The van der Waals surface area contributed by atoms with Gasteiger partial charge in [-0.15, -0.1) is 0 Å². The first kappa shape index (κ1) is 22.6. The van der Waals surface area contributed by atoms with Gasteiger partial charge in [0.25, 0.3) is 5.91 Å². The topological polar surface area (TPSA) is 105 Å². The number of hydrogen-bond donors (Lipinski definition) is 3. The van der Waals surface area contributed by atoms with Crippen LogP contribution in [0.4, 0.5) is 13.2 Å². The molecule has 8 nitrogen and oxygen atoms in total. The number of aliphatic hydroxyl groups is 1. The van der Waals surface area contributed by atoms with E-state index in [1.165, 1.54) is 22.7 Å². The van der Waals surface area contributed by atoms with Gasteiger partial charge in [-0.25, -0.2) is 0 Å². The predicted molar refractivity (Wildman–Crippen MR) is 111 cm³/mol. The van der Waals surface area contributed by atoms with Gasteiger partial charge >= 0.3 is 6.18 Å². The van der Waals surface area contributed by atoms with Gasteiger partial charge in [0.15, 0.2) is 5.69 Å². The number of hydrogen-bond acceptors (Lipinski definition) is 5. The molecule has 0 bridgehead atoms. The van der Waals surface area contributed by atoms with Gasteiger partial charge in [-0.2, -0.15) is 13.2 Å². The maximum atomic E-state index is 13.2. The molecule has 0 aromatic carbocycles. The molecule has 4 heterocycles. The maximum absolute atomic E-state index is 13.2. The zero-order valence-electron chi connectivity index (χ0n) is 17.6. The number of aliphatic hydroxyl groups excluding tert-OH is 1. The SMILES string of the molecule is Cc1cc2ccc(OCc3cccnc3C(F)(F)F)cn2c1C(=O)NC1(CO)CCNC1=O. The molecule has 1 fully saturated rings. The molecule has 0 spiro atoms. The van der Waals surface area contributed by atoms with Crippen molar-refractivity contribution >= 4 is 17.3 Å². The monoisotopic (exact) mass is 462 g/mol. The Balaban J connectivity index is 1.61. The number of carbonyl (C=O) groups is 2. The summed E-state index contributed by atoms with van der Waals surface area (Å²) >= 11 is 0. The van der Waals surface area contributed by atoms with Crippen LogP contribution in [0.5, 0.6) is 5.75 Å². The number of halogens is 3. The van der Waals surface area contributed by atoms with E-state index >= 15 is 0 Å².